The molecule has 0 bridgehead atoms. The number of aromatic nitrogens is 1. The van der Waals surface area contributed by atoms with Crippen molar-refractivity contribution in [3.8, 4) is 0 Å². The Morgan fingerprint density at radius 1 is 1.37 bits per heavy atom. The topological polar surface area (TPSA) is 73.1 Å². The molecule has 0 radical (unpaired) electrons. The Morgan fingerprint density at radius 3 is 2.97 bits per heavy atom. The van der Waals surface area contributed by atoms with Gasteiger partial charge < -0.3 is 10.5 Å². The minimum absolute atomic E-state index is 0.0258. The Kier molecular flexibility index (Phi) is 6.24. The molecule has 0 aliphatic carbocycles. The zero-order valence-electron chi connectivity index (χ0n) is 16.3. The smallest absolute Gasteiger partial charge is 0.141 e. The Morgan fingerprint density at radius 2 is 2.23 bits per heavy atom. The number of benzene rings is 1. The van der Waals surface area contributed by atoms with Gasteiger partial charge in [0, 0.05) is 49.8 Å². The van der Waals surface area contributed by atoms with Crippen molar-refractivity contribution >= 4 is 29.0 Å². The predicted molar refractivity (Wildman–Crippen MR) is 113 cm³/mol. The third-order valence-corrected chi connectivity index (χ3v) is 5.67. The van der Waals surface area contributed by atoms with Gasteiger partial charge in [-0.25, -0.2) is 13.8 Å². The van der Waals surface area contributed by atoms with Gasteiger partial charge in [-0.1, -0.05) is 22.8 Å². The van der Waals surface area contributed by atoms with Crippen LogP contribution in [0.3, 0.4) is 0 Å². The van der Waals surface area contributed by atoms with E-state index in [1.807, 2.05) is 0 Å². The molecule has 4 rings (SSSR count). The van der Waals surface area contributed by atoms with Crippen LogP contribution in [-0.2, 0) is 12.8 Å². The number of hydrogen-bond acceptors (Lipinski definition) is 5. The van der Waals surface area contributed by atoms with Gasteiger partial charge in [0.2, 0.25) is 0 Å². The first kappa shape index (κ1) is 20.7. The molecule has 0 spiro atoms. The fraction of sp³-hybridized carbons (Fsp3) is 0.381. The summed E-state index contributed by atoms with van der Waals surface area (Å²) in [5.74, 6) is 0.964. The van der Waals surface area contributed by atoms with E-state index in [9.17, 15) is 14.0 Å². The average Bonchev–Trinajstić information content (AvgIpc) is 3.34. The molecule has 158 valence electrons. The second-order valence-corrected chi connectivity index (χ2v) is 7.88. The highest BCUT2D eigenvalue weighted by Crippen LogP contribution is 2.26. The zero-order valence-corrected chi connectivity index (χ0v) is 17.0. The maximum Gasteiger partial charge on any atom is 0.141 e. The molecule has 1 aromatic heterocycles. The first-order valence-corrected chi connectivity index (χ1v) is 10.2. The summed E-state index contributed by atoms with van der Waals surface area (Å²) in [5.41, 5.74) is 2.81. The number of rotatable bonds is 6. The number of oxime groups is 1. The number of nitrogens with zero attached hydrogens (tertiary/aromatic N) is 4. The third-order valence-electron chi connectivity index (χ3n) is 5.38. The number of anilines is 1. The fourth-order valence-electron chi connectivity index (χ4n) is 3.84. The molecule has 1 atom stereocenters. The van der Waals surface area contributed by atoms with Crippen LogP contribution in [0.4, 0.5) is 14.6 Å². The van der Waals surface area contributed by atoms with E-state index in [0.717, 1.165) is 35.6 Å². The summed E-state index contributed by atoms with van der Waals surface area (Å²) in [6.45, 7) is 2.55. The van der Waals surface area contributed by atoms with Gasteiger partial charge >= 0.3 is 0 Å². The molecular weight excluding hydrogens is 412 g/mol. The molecule has 2 aliphatic heterocycles. The second-order valence-electron chi connectivity index (χ2n) is 7.47. The van der Waals surface area contributed by atoms with Gasteiger partial charge in [-0.3, -0.25) is 9.89 Å². The van der Waals surface area contributed by atoms with Crippen molar-refractivity contribution in [1.82, 2.24) is 9.88 Å². The molecule has 2 aliphatic rings. The van der Waals surface area contributed by atoms with E-state index < -0.39 is 12.0 Å². The number of aliphatic imine (C=N–C) groups is 1. The van der Waals surface area contributed by atoms with Crippen LogP contribution in [0.1, 0.15) is 23.1 Å². The molecule has 0 saturated carbocycles. The van der Waals surface area contributed by atoms with E-state index in [1.165, 1.54) is 12.1 Å². The lowest BCUT2D eigenvalue weighted by atomic mass is 9.98. The van der Waals surface area contributed by atoms with Crippen molar-refractivity contribution in [1.29, 1.82) is 0 Å². The van der Waals surface area contributed by atoms with Crippen LogP contribution in [0, 0.1) is 5.82 Å². The van der Waals surface area contributed by atoms with Crippen LogP contribution >= 0.6 is 11.6 Å². The number of fused-ring (bicyclic) bond motifs is 1. The Hall–Kier alpha value is -2.58. The van der Waals surface area contributed by atoms with Gasteiger partial charge in [0.25, 0.3) is 0 Å². The van der Waals surface area contributed by atoms with Gasteiger partial charge in [-0.2, -0.15) is 0 Å². The van der Waals surface area contributed by atoms with E-state index in [2.05, 4.69) is 25.3 Å². The molecule has 3 heterocycles. The molecule has 6 nitrogen and oxygen atoms in total. The van der Waals surface area contributed by atoms with Gasteiger partial charge in [0.1, 0.15) is 23.6 Å². The summed E-state index contributed by atoms with van der Waals surface area (Å²) in [4.78, 5) is 11.0. The molecule has 30 heavy (non-hydrogen) atoms. The number of nitrogens with one attached hydrogen (secondary N) is 1. The van der Waals surface area contributed by atoms with Gasteiger partial charge in [-0.15, -0.1) is 0 Å². The zero-order chi connectivity index (χ0) is 21.1. The van der Waals surface area contributed by atoms with Crippen LogP contribution in [0.25, 0.3) is 0 Å². The number of amidine groups is 1. The van der Waals surface area contributed by atoms with Crippen LogP contribution in [0.2, 0.25) is 5.02 Å². The van der Waals surface area contributed by atoms with Crippen molar-refractivity contribution in [3.05, 3.63) is 58.0 Å². The van der Waals surface area contributed by atoms with Gasteiger partial charge in [0.05, 0.1) is 17.3 Å². The maximum atomic E-state index is 13.4. The number of hydrogen-bond donors (Lipinski definition) is 2. The molecular formula is C21H22ClF2N5O. The highest BCUT2D eigenvalue weighted by atomic mass is 35.5. The normalized spacial score (nSPS) is 20.6. The van der Waals surface area contributed by atoms with Crippen LogP contribution < -0.4 is 5.32 Å². The van der Waals surface area contributed by atoms with Gasteiger partial charge in [0.15, 0.2) is 0 Å². The molecule has 0 amide bonds. The molecule has 2 aromatic rings. The molecule has 1 saturated heterocycles. The summed E-state index contributed by atoms with van der Waals surface area (Å²) in [7, 11) is 0. The summed E-state index contributed by atoms with van der Waals surface area (Å²) >= 11 is 5.87. The molecule has 9 heteroatoms. The quantitative estimate of drug-likeness (QED) is 0.414. The van der Waals surface area contributed by atoms with E-state index >= 15 is 0 Å². The standard InChI is InChI=1S/C21H22ClF2N5O/c22-17-9-13(1-2-18(17)24)10-19(28-30)15-3-5-26-21-16(15)11-20(27-21)25-6-8-29-7-4-14(23)12-29/h1-3,5,9,14,30H,4,6-8,10-12H2,(H,25,26,27)/b28-19+/t14-/m0/s1. The third kappa shape index (κ3) is 4.60. The van der Waals surface area contributed by atoms with Crippen LogP contribution in [-0.4, -0.2) is 59.0 Å². The van der Waals surface area contributed by atoms with E-state index in [-0.39, 0.29) is 5.02 Å². The first-order chi connectivity index (χ1) is 14.5. The van der Waals surface area contributed by atoms with E-state index in [0.29, 0.717) is 43.9 Å². The largest absolute Gasteiger partial charge is 0.411 e. The minimum atomic E-state index is -0.731. The lowest BCUT2D eigenvalue weighted by Crippen LogP contribution is -2.24. The van der Waals surface area contributed by atoms with E-state index in [4.69, 9.17) is 11.6 Å². The number of pyridine rings is 1. The molecule has 0 unspecified atom stereocenters. The van der Waals surface area contributed by atoms with Gasteiger partial charge in [-0.05, 0) is 30.2 Å². The monoisotopic (exact) mass is 433 g/mol. The Labute approximate surface area is 178 Å². The lowest BCUT2D eigenvalue weighted by Gasteiger charge is -2.12. The number of alkyl halides is 1. The Balaban J connectivity index is 1.46. The molecule has 1 aromatic carbocycles. The maximum absolute atomic E-state index is 13.4. The van der Waals surface area contributed by atoms with E-state index in [1.54, 1.807) is 18.3 Å². The van der Waals surface area contributed by atoms with Crippen molar-refractivity contribution in [2.45, 2.75) is 25.4 Å². The second kappa shape index (κ2) is 9.06. The lowest BCUT2D eigenvalue weighted by molar-refractivity contribution is 0.293. The average molecular weight is 434 g/mol. The fourth-order valence-corrected chi connectivity index (χ4v) is 4.04. The van der Waals surface area contributed by atoms with Crippen molar-refractivity contribution in [2.75, 3.05) is 31.5 Å². The number of halogens is 3. The summed E-state index contributed by atoms with van der Waals surface area (Å²) in [6, 6.07) is 6.21. The van der Waals surface area contributed by atoms with Crippen molar-refractivity contribution < 1.29 is 14.0 Å². The van der Waals surface area contributed by atoms with Crippen molar-refractivity contribution in [3.63, 3.8) is 0 Å². The SMILES string of the molecule is O/N=C(\Cc1ccc(F)c(Cl)c1)c1ccnc2c1CC(=NCCN1CC[C@H](F)C1)N2. The highest BCUT2D eigenvalue weighted by molar-refractivity contribution is 6.30. The molecule has 2 N–H and O–H groups in total. The Bertz CT molecular complexity index is 997. The summed E-state index contributed by atoms with van der Waals surface area (Å²) in [5, 5.41) is 16.3. The number of likely N-dealkylation sites (tertiary alicyclic amines) is 1. The minimum Gasteiger partial charge on any atom is -0.411 e. The van der Waals surface area contributed by atoms with Crippen LogP contribution in [0.15, 0.2) is 40.6 Å². The summed E-state index contributed by atoms with van der Waals surface area (Å²) in [6.07, 6.45) is 2.33. The van der Waals surface area contributed by atoms with Crippen LogP contribution in [0.5, 0.6) is 0 Å². The summed E-state index contributed by atoms with van der Waals surface area (Å²) < 4.78 is 26.7. The highest BCUT2D eigenvalue weighted by Gasteiger charge is 2.24. The predicted octanol–water partition coefficient (Wildman–Crippen LogP) is 3.71. The molecule has 1 fully saturated rings. The first-order valence-electron chi connectivity index (χ1n) is 9.83. The van der Waals surface area contributed by atoms with Crippen molar-refractivity contribution in [2.24, 2.45) is 10.1 Å².